The molecule has 0 bridgehead atoms. The number of carbonyl (C=O) groups is 1. The van der Waals surface area contributed by atoms with Crippen LogP contribution in [0.5, 0.6) is 0 Å². The predicted octanol–water partition coefficient (Wildman–Crippen LogP) is 2.97. The van der Waals surface area contributed by atoms with Crippen LogP contribution >= 0.6 is 0 Å². The van der Waals surface area contributed by atoms with E-state index in [1.165, 1.54) is 24.3 Å². The maximum atomic E-state index is 13.5. The first kappa shape index (κ1) is 17.1. The highest BCUT2D eigenvalue weighted by atomic mass is 19.1. The molecular formula is C18H20F2N2O. The number of carbonyl (C=O) groups excluding carboxylic acids is 1. The molecular weight excluding hydrogens is 298 g/mol. The van der Waals surface area contributed by atoms with Crippen LogP contribution in [0.1, 0.15) is 23.6 Å². The predicted molar refractivity (Wildman–Crippen MR) is 85.9 cm³/mol. The molecule has 0 fully saturated rings. The van der Waals surface area contributed by atoms with Crippen LogP contribution in [0.3, 0.4) is 0 Å². The molecule has 0 saturated carbocycles. The number of rotatable bonds is 7. The molecule has 1 unspecified atom stereocenters. The first-order valence-corrected chi connectivity index (χ1v) is 7.52. The maximum Gasteiger partial charge on any atom is 0.221 e. The third-order valence-electron chi connectivity index (χ3n) is 3.52. The lowest BCUT2D eigenvalue weighted by Gasteiger charge is -2.20. The quantitative estimate of drug-likeness (QED) is 0.824. The Morgan fingerprint density at radius 1 is 1.09 bits per heavy atom. The van der Waals surface area contributed by atoms with Crippen LogP contribution in [-0.4, -0.2) is 19.5 Å². The third-order valence-corrected chi connectivity index (χ3v) is 3.52. The van der Waals surface area contributed by atoms with Gasteiger partial charge in [0.1, 0.15) is 11.6 Å². The van der Waals surface area contributed by atoms with E-state index >= 15 is 0 Å². The summed E-state index contributed by atoms with van der Waals surface area (Å²) in [4.78, 5) is 12.0. The molecule has 0 radical (unpaired) electrons. The van der Waals surface area contributed by atoms with Gasteiger partial charge in [0.2, 0.25) is 5.91 Å². The average Bonchev–Trinajstić information content (AvgIpc) is 2.52. The van der Waals surface area contributed by atoms with Crippen LogP contribution in [0.15, 0.2) is 48.5 Å². The van der Waals surface area contributed by atoms with Crippen molar-refractivity contribution in [1.82, 2.24) is 10.6 Å². The lowest BCUT2D eigenvalue weighted by molar-refractivity contribution is -0.121. The van der Waals surface area contributed by atoms with Crippen molar-refractivity contribution in [3.05, 3.63) is 71.3 Å². The van der Waals surface area contributed by atoms with Crippen molar-refractivity contribution in [3.63, 3.8) is 0 Å². The summed E-state index contributed by atoms with van der Waals surface area (Å²) < 4.78 is 26.8. The maximum absolute atomic E-state index is 13.5. The average molecular weight is 318 g/mol. The zero-order valence-electron chi connectivity index (χ0n) is 13.0. The third kappa shape index (κ3) is 5.45. The smallest absolute Gasteiger partial charge is 0.221 e. The summed E-state index contributed by atoms with van der Waals surface area (Å²) in [6, 6.07) is 11.9. The molecule has 0 aliphatic carbocycles. The van der Waals surface area contributed by atoms with Crippen molar-refractivity contribution in [2.75, 3.05) is 13.6 Å². The van der Waals surface area contributed by atoms with Gasteiger partial charge in [-0.25, -0.2) is 8.78 Å². The van der Waals surface area contributed by atoms with E-state index in [9.17, 15) is 13.6 Å². The summed E-state index contributed by atoms with van der Waals surface area (Å²) in [5, 5.41) is 5.80. The fourth-order valence-corrected chi connectivity index (χ4v) is 2.38. The Balaban J connectivity index is 2.18. The standard InChI is InChI=1S/C18H20F2N2O/c1-21-9-8-18(23)22-17(14-5-3-7-16(20)12-14)11-13-4-2-6-15(19)10-13/h2-7,10,12,17,21H,8-9,11H2,1H3,(H,22,23). The van der Waals surface area contributed by atoms with Crippen molar-refractivity contribution in [1.29, 1.82) is 0 Å². The van der Waals surface area contributed by atoms with E-state index in [1.54, 1.807) is 31.3 Å². The van der Waals surface area contributed by atoms with Crippen molar-refractivity contribution in [2.24, 2.45) is 0 Å². The molecule has 0 aromatic heterocycles. The fraction of sp³-hybridized carbons (Fsp3) is 0.278. The topological polar surface area (TPSA) is 41.1 Å². The molecule has 3 nitrogen and oxygen atoms in total. The Morgan fingerprint density at radius 2 is 1.78 bits per heavy atom. The van der Waals surface area contributed by atoms with Gasteiger partial charge in [0.05, 0.1) is 6.04 Å². The van der Waals surface area contributed by atoms with E-state index in [0.29, 0.717) is 24.9 Å². The van der Waals surface area contributed by atoms with Gasteiger partial charge in [-0.1, -0.05) is 24.3 Å². The monoisotopic (exact) mass is 318 g/mol. The molecule has 2 rings (SSSR count). The highest BCUT2D eigenvalue weighted by Crippen LogP contribution is 2.20. The van der Waals surface area contributed by atoms with Gasteiger partial charge < -0.3 is 10.6 Å². The summed E-state index contributed by atoms with van der Waals surface area (Å²) in [6.07, 6.45) is 0.720. The van der Waals surface area contributed by atoms with Gasteiger partial charge in [-0.2, -0.15) is 0 Å². The Kier molecular flexibility index (Phi) is 6.23. The van der Waals surface area contributed by atoms with Gasteiger partial charge in [-0.3, -0.25) is 4.79 Å². The van der Waals surface area contributed by atoms with E-state index in [4.69, 9.17) is 0 Å². The largest absolute Gasteiger partial charge is 0.349 e. The van der Waals surface area contributed by atoms with Crippen LogP contribution in [0.2, 0.25) is 0 Å². The molecule has 2 aromatic rings. The number of benzene rings is 2. The highest BCUT2D eigenvalue weighted by Gasteiger charge is 2.16. The number of halogens is 2. The first-order chi connectivity index (χ1) is 11.1. The van der Waals surface area contributed by atoms with Crippen LogP contribution in [-0.2, 0) is 11.2 Å². The van der Waals surface area contributed by atoms with Crippen molar-refractivity contribution in [3.8, 4) is 0 Å². The summed E-state index contributed by atoms with van der Waals surface area (Å²) >= 11 is 0. The number of hydrogen-bond donors (Lipinski definition) is 2. The number of amides is 1. The van der Waals surface area contributed by atoms with Crippen molar-refractivity contribution in [2.45, 2.75) is 18.9 Å². The van der Waals surface area contributed by atoms with Crippen LogP contribution in [0, 0.1) is 11.6 Å². The molecule has 0 heterocycles. The lowest BCUT2D eigenvalue weighted by Crippen LogP contribution is -2.31. The van der Waals surface area contributed by atoms with Crippen LogP contribution in [0.4, 0.5) is 8.78 Å². The minimum absolute atomic E-state index is 0.134. The lowest BCUT2D eigenvalue weighted by atomic mass is 9.98. The molecule has 2 aromatic carbocycles. The van der Waals surface area contributed by atoms with Crippen molar-refractivity contribution < 1.29 is 13.6 Å². The Hall–Kier alpha value is -2.27. The van der Waals surface area contributed by atoms with E-state index in [2.05, 4.69) is 10.6 Å². The normalized spacial score (nSPS) is 12.0. The van der Waals surface area contributed by atoms with E-state index in [-0.39, 0.29) is 17.5 Å². The Morgan fingerprint density at radius 3 is 2.43 bits per heavy atom. The fourth-order valence-electron chi connectivity index (χ4n) is 2.38. The van der Waals surface area contributed by atoms with Gasteiger partial charge in [0.25, 0.3) is 0 Å². The summed E-state index contributed by atoms with van der Waals surface area (Å²) in [7, 11) is 1.77. The van der Waals surface area contributed by atoms with Gasteiger partial charge in [-0.15, -0.1) is 0 Å². The zero-order valence-corrected chi connectivity index (χ0v) is 13.0. The summed E-state index contributed by atoms with van der Waals surface area (Å²) in [6.45, 7) is 0.557. The number of hydrogen-bond acceptors (Lipinski definition) is 2. The van der Waals surface area contributed by atoms with Crippen LogP contribution in [0.25, 0.3) is 0 Å². The zero-order chi connectivity index (χ0) is 16.7. The second-order valence-electron chi connectivity index (χ2n) is 5.36. The molecule has 0 aliphatic rings. The van der Waals surface area contributed by atoms with Crippen molar-refractivity contribution >= 4 is 5.91 Å². The molecule has 122 valence electrons. The molecule has 0 spiro atoms. The number of nitrogens with one attached hydrogen (secondary N) is 2. The Bertz CT molecular complexity index is 661. The molecule has 23 heavy (non-hydrogen) atoms. The molecule has 1 amide bonds. The van der Waals surface area contributed by atoms with E-state index in [1.807, 2.05) is 0 Å². The summed E-state index contributed by atoms with van der Waals surface area (Å²) in [5.41, 5.74) is 1.40. The van der Waals surface area contributed by atoms with E-state index in [0.717, 1.165) is 5.56 Å². The van der Waals surface area contributed by atoms with Gasteiger partial charge in [0.15, 0.2) is 0 Å². The molecule has 0 saturated heterocycles. The molecule has 1 atom stereocenters. The minimum atomic E-state index is -0.406. The van der Waals surface area contributed by atoms with Gasteiger partial charge in [0, 0.05) is 13.0 Å². The summed E-state index contributed by atoms with van der Waals surface area (Å²) in [5.74, 6) is -0.830. The SMILES string of the molecule is CNCCC(=O)NC(Cc1cccc(F)c1)c1cccc(F)c1. The van der Waals surface area contributed by atoms with E-state index < -0.39 is 6.04 Å². The second-order valence-corrected chi connectivity index (χ2v) is 5.36. The molecule has 0 aliphatic heterocycles. The Labute approximate surface area is 134 Å². The second kappa shape index (κ2) is 8.39. The van der Waals surface area contributed by atoms with Crippen LogP contribution < -0.4 is 10.6 Å². The first-order valence-electron chi connectivity index (χ1n) is 7.52. The van der Waals surface area contributed by atoms with Gasteiger partial charge in [-0.05, 0) is 48.9 Å². The minimum Gasteiger partial charge on any atom is -0.349 e. The molecule has 5 heteroatoms. The van der Waals surface area contributed by atoms with Gasteiger partial charge >= 0.3 is 0 Å². The molecule has 2 N–H and O–H groups in total. The highest BCUT2D eigenvalue weighted by molar-refractivity contribution is 5.76.